The standard InChI is InChI=1S/C17H21F3N4O/c1-23-15(11-25)21-22-16(23)13-5-3-7-24(10-13)9-12-4-2-6-14(8-12)17(18,19)20/h2,4,6,8,13,25H,3,5,7,9-11H2,1H3. The molecule has 1 N–H and O–H groups in total. The van der Waals surface area contributed by atoms with E-state index in [4.69, 9.17) is 0 Å². The van der Waals surface area contributed by atoms with E-state index in [1.807, 2.05) is 7.05 Å². The second-order valence-corrected chi connectivity index (χ2v) is 6.46. The summed E-state index contributed by atoms with van der Waals surface area (Å²) in [6.07, 6.45) is -2.42. The van der Waals surface area contributed by atoms with Crippen LogP contribution < -0.4 is 0 Å². The Morgan fingerprint density at radius 2 is 2.08 bits per heavy atom. The summed E-state index contributed by atoms with van der Waals surface area (Å²) < 4.78 is 40.4. The minimum Gasteiger partial charge on any atom is -0.388 e. The number of rotatable bonds is 4. The molecule has 5 nitrogen and oxygen atoms in total. The Morgan fingerprint density at radius 3 is 2.76 bits per heavy atom. The van der Waals surface area contributed by atoms with Gasteiger partial charge in [-0.3, -0.25) is 4.90 Å². The van der Waals surface area contributed by atoms with Gasteiger partial charge >= 0.3 is 6.18 Å². The zero-order valence-electron chi connectivity index (χ0n) is 14.0. The monoisotopic (exact) mass is 354 g/mol. The molecule has 1 aromatic carbocycles. The number of alkyl halides is 3. The molecule has 2 heterocycles. The van der Waals surface area contributed by atoms with E-state index in [1.54, 1.807) is 10.6 Å². The molecule has 0 bridgehead atoms. The molecule has 1 aromatic heterocycles. The molecule has 1 fully saturated rings. The van der Waals surface area contributed by atoms with Gasteiger partial charge in [0.05, 0.1) is 5.56 Å². The fourth-order valence-corrected chi connectivity index (χ4v) is 3.38. The first-order chi connectivity index (χ1) is 11.9. The van der Waals surface area contributed by atoms with Crippen LogP contribution in [0, 0.1) is 0 Å². The highest BCUT2D eigenvalue weighted by molar-refractivity contribution is 5.25. The van der Waals surface area contributed by atoms with Crippen molar-refractivity contribution in [1.82, 2.24) is 19.7 Å². The van der Waals surface area contributed by atoms with Gasteiger partial charge in [0, 0.05) is 26.1 Å². The highest BCUT2D eigenvalue weighted by atomic mass is 19.4. The number of nitrogens with zero attached hydrogens (tertiary/aromatic N) is 4. The van der Waals surface area contributed by atoms with Crippen LogP contribution in [0.25, 0.3) is 0 Å². The number of aliphatic hydroxyl groups excluding tert-OH is 1. The van der Waals surface area contributed by atoms with Crippen LogP contribution in [-0.2, 0) is 26.4 Å². The summed E-state index contributed by atoms with van der Waals surface area (Å²) in [5, 5.41) is 17.4. The van der Waals surface area contributed by atoms with E-state index >= 15 is 0 Å². The maximum absolute atomic E-state index is 12.9. The second kappa shape index (κ2) is 7.13. The van der Waals surface area contributed by atoms with Crippen molar-refractivity contribution in [2.45, 2.75) is 38.1 Å². The van der Waals surface area contributed by atoms with Crippen LogP contribution in [-0.4, -0.2) is 37.9 Å². The summed E-state index contributed by atoms with van der Waals surface area (Å²) in [5.74, 6) is 1.50. The van der Waals surface area contributed by atoms with Crippen LogP contribution in [0.5, 0.6) is 0 Å². The molecule has 136 valence electrons. The van der Waals surface area contributed by atoms with E-state index in [0.29, 0.717) is 24.5 Å². The van der Waals surface area contributed by atoms with Gasteiger partial charge in [0.15, 0.2) is 5.82 Å². The van der Waals surface area contributed by atoms with Gasteiger partial charge in [-0.1, -0.05) is 18.2 Å². The summed E-state index contributed by atoms with van der Waals surface area (Å²) in [5.41, 5.74) is 0.0453. The molecule has 1 unspecified atom stereocenters. The van der Waals surface area contributed by atoms with Crippen molar-refractivity contribution in [1.29, 1.82) is 0 Å². The van der Waals surface area contributed by atoms with E-state index < -0.39 is 11.7 Å². The smallest absolute Gasteiger partial charge is 0.388 e. The molecule has 25 heavy (non-hydrogen) atoms. The van der Waals surface area contributed by atoms with E-state index in [2.05, 4.69) is 15.1 Å². The number of hydrogen-bond donors (Lipinski definition) is 1. The number of piperidine rings is 1. The zero-order valence-corrected chi connectivity index (χ0v) is 14.0. The van der Waals surface area contributed by atoms with Crippen molar-refractivity contribution >= 4 is 0 Å². The number of halogens is 3. The third-order valence-corrected chi connectivity index (χ3v) is 4.67. The Morgan fingerprint density at radius 1 is 1.28 bits per heavy atom. The average Bonchev–Trinajstić information content (AvgIpc) is 2.95. The van der Waals surface area contributed by atoms with E-state index in [9.17, 15) is 18.3 Å². The van der Waals surface area contributed by atoms with Gasteiger partial charge in [-0.15, -0.1) is 10.2 Å². The molecule has 1 atom stereocenters. The lowest BCUT2D eigenvalue weighted by Gasteiger charge is -2.32. The molecule has 0 radical (unpaired) electrons. The molecule has 0 saturated carbocycles. The lowest BCUT2D eigenvalue weighted by atomic mass is 9.96. The second-order valence-electron chi connectivity index (χ2n) is 6.46. The molecule has 8 heteroatoms. The van der Waals surface area contributed by atoms with Gasteiger partial charge in [-0.05, 0) is 31.0 Å². The van der Waals surface area contributed by atoms with Gasteiger partial charge in [-0.25, -0.2) is 0 Å². The first-order valence-electron chi connectivity index (χ1n) is 8.26. The Balaban J connectivity index is 1.71. The predicted octanol–water partition coefficient (Wildman–Crippen LogP) is 2.71. The third kappa shape index (κ3) is 4.01. The Kier molecular flexibility index (Phi) is 5.10. The molecule has 3 rings (SSSR count). The minimum absolute atomic E-state index is 0.163. The Bertz CT molecular complexity index is 729. The SMILES string of the molecule is Cn1c(CO)nnc1C1CCCN(Cc2cccc(C(F)(F)F)c2)C1. The largest absolute Gasteiger partial charge is 0.416 e. The predicted molar refractivity (Wildman–Crippen MR) is 85.6 cm³/mol. The molecular weight excluding hydrogens is 333 g/mol. The first kappa shape index (κ1) is 17.9. The molecule has 1 aliphatic rings. The molecule has 0 amide bonds. The normalized spacial score (nSPS) is 19.3. The fraction of sp³-hybridized carbons (Fsp3) is 0.529. The zero-order chi connectivity index (χ0) is 18.0. The van der Waals surface area contributed by atoms with Crippen molar-refractivity contribution in [3.63, 3.8) is 0 Å². The Hall–Kier alpha value is -1.93. The summed E-state index contributed by atoms with van der Waals surface area (Å²) >= 11 is 0. The molecule has 1 saturated heterocycles. The maximum atomic E-state index is 12.9. The van der Waals surface area contributed by atoms with E-state index in [-0.39, 0.29) is 12.5 Å². The van der Waals surface area contributed by atoms with Crippen molar-refractivity contribution < 1.29 is 18.3 Å². The van der Waals surface area contributed by atoms with Crippen LogP contribution in [0.15, 0.2) is 24.3 Å². The quantitative estimate of drug-likeness (QED) is 0.917. The van der Waals surface area contributed by atoms with Crippen molar-refractivity contribution in [2.75, 3.05) is 13.1 Å². The van der Waals surface area contributed by atoms with Crippen LogP contribution in [0.1, 0.15) is 41.5 Å². The Labute approximate surface area is 144 Å². The summed E-state index contributed by atoms with van der Waals surface area (Å²) in [6.45, 7) is 1.88. The lowest BCUT2D eigenvalue weighted by Crippen LogP contribution is -2.35. The van der Waals surface area contributed by atoms with Crippen LogP contribution >= 0.6 is 0 Å². The summed E-state index contributed by atoms with van der Waals surface area (Å²) in [4.78, 5) is 2.15. The van der Waals surface area contributed by atoms with Gasteiger partial charge in [0.25, 0.3) is 0 Å². The molecule has 0 spiro atoms. The van der Waals surface area contributed by atoms with E-state index in [1.165, 1.54) is 12.1 Å². The van der Waals surface area contributed by atoms with Crippen molar-refractivity contribution in [2.24, 2.45) is 7.05 Å². The topological polar surface area (TPSA) is 54.2 Å². The van der Waals surface area contributed by atoms with Crippen LogP contribution in [0.4, 0.5) is 13.2 Å². The van der Waals surface area contributed by atoms with E-state index in [0.717, 1.165) is 31.3 Å². The van der Waals surface area contributed by atoms with Crippen molar-refractivity contribution in [3.05, 3.63) is 47.0 Å². The summed E-state index contributed by atoms with van der Waals surface area (Å²) in [7, 11) is 1.83. The third-order valence-electron chi connectivity index (χ3n) is 4.67. The van der Waals surface area contributed by atoms with Crippen LogP contribution in [0.3, 0.4) is 0 Å². The summed E-state index contributed by atoms with van der Waals surface area (Å²) in [6, 6.07) is 5.50. The number of benzene rings is 1. The molecule has 1 aliphatic heterocycles. The average molecular weight is 354 g/mol. The number of hydrogen-bond acceptors (Lipinski definition) is 4. The van der Waals surface area contributed by atoms with Gasteiger partial charge in [0.2, 0.25) is 0 Å². The lowest BCUT2D eigenvalue weighted by molar-refractivity contribution is -0.137. The van der Waals surface area contributed by atoms with Gasteiger partial charge in [0.1, 0.15) is 12.4 Å². The van der Waals surface area contributed by atoms with Crippen molar-refractivity contribution in [3.8, 4) is 0 Å². The molecule has 2 aromatic rings. The molecular formula is C17H21F3N4O. The molecule has 0 aliphatic carbocycles. The number of aromatic nitrogens is 3. The number of aliphatic hydroxyl groups is 1. The fourth-order valence-electron chi connectivity index (χ4n) is 3.38. The van der Waals surface area contributed by atoms with Gasteiger partial charge < -0.3 is 9.67 Å². The maximum Gasteiger partial charge on any atom is 0.416 e. The highest BCUT2D eigenvalue weighted by Crippen LogP contribution is 2.31. The highest BCUT2D eigenvalue weighted by Gasteiger charge is 2.31. The van der Waals surface area contributed by atoms with Crippen LogP contribution in [0.2, 0.25) is 0 Å². The van der Waals surface area contributed by atoms with Gasteiger partial charge in [-0.2, -0.15) is 13.2 Å². The number of likely N-dealkylation sites (tertiary alicyclic amines) is 1. The first-order valence-corrected chi connectivity index (χ1v) is 8.26. The minimum atomic E-state index is -4.32.